The minimum atomic E-state index is -3.56. The SMILES string of the molecule is CS(=O)(=O)c1cc(F)cc2c1cc1n2CCCC1CC(=O)O. The Bertz CT molecular complexity index is 869. The van der Waals surface area contributed by atoms with Crippen molar-refractivity contribution in [2.45, 2.75) is 36.6 Å². The number of carboxylic acids is 1. The van der Waals surface area contributed by atoms with Gasteiger partial charge < -0.3 is 9.67 Å². The van der Waals surface area contributed by atoms with Crippen LogP contribution in [0.3, 0.4) is 0 Å². The first-order valence-corrected chi connectivity index (χ1v) is 8.91. The van der Waals surface area contributed by atoms with Gasteiger partial charge in [0.15, 0.2) is 9.84 Å². The van der Waals surface area contributed by atoms with Gasteiger partial charge in [-0.15, -0.1) is 0 Å². The molecule has 7 heteroatoms. The molecule has 22 heavy (non-hydrogen) atoms. The number of aryl methyl sites for hydroxylation is 1. The van der Waals surface area contributed by atoms with Gasteiger partial charge in [0.05, 0.1) is 16.8 Å². The van der Waals surface area contributed by atoms with Crippen molar-refractivity contribution in [1.29, 1.82) is 0 Å². The number of fused-ring (bicyclic) bond motifs is 3. The van der Waals surface area contributed by atoms with Gasteiger partial charge in [-0.2, -0.15) is 0 Å². The number of rotatable bonds is 3. The van der Waals surface area contributed by atoms with Crippen molar-refractivity contribution in [3.05, 3.63) is 29.7 Å². The summed E-state index contributed by atoms with van der Waals surface area (Å²) >= 11 is 0. The van der Waals surface area contributed by atoms with Crippen LogP contribution in [0.1, 0.15) is 30.9 Å². The number of aliphatic carboxylic acids is 1. The Morgan fingerprint density at radius 3 is 2.77 bits per heavy atom. The molecule has 0 saturated carbocycles. The Kier molecular flexibility index (Phi) is 3.47. The van der Waals surface area contributed by atoms with E-state index in [1.165, 1.54) is 6.07 Å². The zero-order chi connectivity index (χ0) is 16.1. The van der Waals surface area contributed by atoms with Crippen LogP contribution in [-0.4, -0.2) is 30.3 Å². The minimum Gasteiger partial charge on any atom is -0.481 e. The van der Waals surface area contributed by atoms with Crippen LogP contribution in [0.2, 0.25) is 0 Å². The van der Waals surface area contributed by atoms with Gasteiger partial charge in [-0.25, -0.2) is 12.8 Å². The van der Waals surface area contributed by atoms with Gasteiger partial charge in [0.1, 0.15) is 5.82 Å². The van der Waals surface area contributed by atoms with E-state index in [-0.39, 0.29) is 17.2 Å². The Morgan fingerprint density at radius 2 is 2.14 bits per heavy atom. The van der Waals surface area contributed by atoms with E-state index in [1.807, 2.05) is 4.57 Å². The number of carboxylic acid groups (broad SMARTS) is 1. The summed E-state index contributed by atoms with van der Waals surface area (Å²) in [6.45, 7) is 0.640. The van der Waals surface area contributed by atoms with Crippen LogP contribution < -0.4 is 0 Å². The third kappa shape index (κ3) is 2.49. The number of benzene rings is 1. The number of sulfone groups is 1. The monoisotopic (exact) mass is 325 g/mol. The van der Waals surface area contributed by atoms with Gasteiger partial charge >= 0.3 is 5.97 Å². The van der Waals surface area contributed by atoms with E-state index in [0.29, 0.717) is 17.4 Å². The molecule has 1 aromatic heterocycles. The minimum absolute atomic E-state index is 0.00693. The van der Waals surface area contributed by atoms with Crippen molar-refractivity contribution in [2.24, 2.45) is 0 Å². The van der Waals surface area contributed by atoms with Crippen LogP contribution in [0, 0.1) is 5.82 Å². The maximum absolute atomic E-state index is 13.8. The standard InChI is InChI=1S/C15H16FNO4S/c1-22(20,21)14-7-10(16)6-13-11(14)8-12-9(5-15(18)19)3-2-4-17(12)13/h6-9H,2-5H2,1H3,(H,18,19). The quantitative estimate of drug-likeness (QED) is 0.941. The molecule has 118 valence electrons. The molecule has 1 aromatic carbocycles. The molecule has 0 bridgehead atoms. The first-order chi connectivity index (χ1) is 10.3. The molecular formula is C15H16FNO4S. The highest BCUT2D eigenvalue weighted by Crippen LogP contribution is 2.37. The average Bonchev–Trinajstić information content (AvgIpc) is 2.76. The van der Waals surface area contributed by atoms with Gasteiger partial charge in [0.2, 0.25) is 0 Å². The zero-order valence-corrected chi connectivity index (χ0v) is 12.9. The van der Waals surface area contributed by atoms with Crippen molar-refractivity contribution in [3.8, 4) is 0 Å². The summed E-state index contributed by atoms with van der Waals surface area (Å²) in [5, 5.41) is 9.50. The molecule has 0 amide bonds. The van der Waals surface area contributed by atoms with Gasteiger partial charge in [0, 0.05) is 29.8 Å². The van der Waals surface area contributed by atoms with Gasteiger partial charge in [0.25, 0.3) is 0 Å². The Morgan fingerprint density at radius 1 is 1.41 bits per heavy atom. The summed E-state index contributed by atoms with van der Waals surface area (Å²) < 4.78 is 39.5. The highest BCUT2D eigenvalue weighted by molar-refractivity contribution is 7.91. The lowest BCUT2D eigenvalue weighted by Gasteiger charge is -2.24. The maximum Gasteiger partial charge on any atom is 0.304 e. The predicted octanol–water partition coefficient (Wildman–Crippen LogP) is 2.54. The third-order valence-corrected chi connectivity index (χ3v) is 5.29. The zero-order valence-electron chi connectivity index (χ0n) is 12.0. The molecular weight excluding hydrogens is 309 g/mol. The fourth-order valence-corrected chi connectivity index (χ4v) is 4.16. The molecule has 1 atom stereocenters. The molecule has 1 unspecified atom stereocenters. The molecule has 1 aliphatic heterocycles. The molecule has 2 heterocycles. The maximum atomic E-state index is 13.8. The van der Waals surface area contributed by atoms with Crippen molar-refractivity contribution < 1.29 is 22.7 Å². The molecule has 1 aliphatic rings. The van der Waals surface area contributed by atoms with E-state index in [2.05, 4.69) is 0 Å². The van der Waals surface area contributed by atoms with Gasteiger partial charge in [-0.05, 0) is 31.0 Å². The van der Waals surface area contributed by atoms with E-state index in [1.54, 1.807) is 6.07 Å². The van der Waals surface area contributed by atoms with E-state index in [0.717, 1.165) is 30.9 Å². The molecule has 0 saturated heterocycles. The summed E-state index contributed by atoms with van der Waals surface area (Å²) in [7, 11) is -3.56. The number of nitrogens with zero attached hydrogens (tertiary/aromatic N) is 1. The number of carbonyl (C=O) groups is 1. The summed E-state index contributed by atoms with van der Waals surface area (Å²) in [5.74, 6) is -1.67. The number of hydrogen-bond acceptors (Lipinski definition) is 3. The van der Waals surface area contributed by atoms with Crippen LogP contribution in [0.15, 0.2) is 23.1 Å². The summed E-state index contributed by atoms with van der Waals surface area (Å²) in [6.07, 6.45) is 2.57. The summed E-state index contributed by atoms with van der Waals surface area (Å²) in [4.78, 5) is 11.0. The smallest absolute Gasteiger partial charge is 0.304 e. The van der Waals surface area contributed by atoms with Crippen LogP contribution in [0.5, 0.6) is 0 Å². The predicted molar refractivity (Wildman–Crippen MR) is 79.2 cm³/mol. The lowest BCUT2D eigenvalue weighted by Crippen LogP contribution is -2.17. The topological polar surface area (TPSA) is 76.4 Å². The molecule has 2 aromatic rings. The van der Waals surface area contributed by atoms with E-state index < -0.39 is 21.6 Å². The number of aromatic nitrogens is 1. The molecule has 5 nitrogen and oxygen atoms in total. The van der Waals surface area contributed by atoms with Crippen molar-refractivity contribution >= 4 is 26.7 Å². The number of halogens is 1. The van der Waals surface area contributed by atoms with Gasteiger partial charge in [-0.1, -0.05) is 0 Å². The third-order valence-electron chi connectivity index (χ3n) is 4.15. The molecule has 3 rings (SSSR count). The van der Waals surface area contributed by atoms with E-state index in [9.17, 15) is 17.6 Å². The second kappa shape index (κ2) is 5.08. The van der Waals surface area contributed by atoms with E-state index >= 15 is 0 Å². The van der Waals surface area contributed by atoms with Crippen LogP contribution >= 0.6 is 0 Å². The van der Waals surface area contributed by atoms with Crippen molar-refractivity contribution in [1.82, 2.24) is 4.57 Å². The summed E-state index contributed by atoms with van der Waals surface area (Å²) in [5.41, 5.74) is 1.30. The Hall–Kier alpha value is -1.89. The number of hydrogen-bond donors (Lipinski definition) is 1. The van der Waals surface area contributed by atoms with Crippen LogP contribution in [0.25, 0.3) is 10.9 Å². The van der Waals surface area contributed by atoms with E-state index in [4.69, 9.17) is 5.11 Å². The van der Waals surface area contributed by atoms with Crippen molar-refractivity contribution in [3.63, 3.8) is 0 Å². The fraction of sp³-hybridized carbons (Fsp3) is 0.400. The second-order valence-corrected chi connectivity index (χ2v) is 7.75. The molecule has 0 spiro atoms. The van der Waals surface area contributed by atoms with Gasteiger partial charge in [-0.3, -0.25) is 4.79 Å². The Balaban J connectivity index is 2.28. The highest BCUT2D eigenvalue weighted by Gasteiger charge is 2.27. The highest BCUT2D eigenvalue weighted by atomic mass is 32.2. The van der Waals surface area contributed by atoms with Crippen LogP contribution in [0.4, 0.5) is 4.39 Å². The lowest BCUT2D eigenvalue weighted by atomic mass is 9.93. The first kappa shape index (κ1) is 15.0. The Labute approximate surface area is 127 Å². The molecule has 0 aliphatic carbocycles. The fourth-order valence-electron chi connectivity index (χ4n) is 3.27. The molecule has 0 radical (unpaired) electrons. The molecule has 0 fully saturated rings. The van der Waals surface area contributed by atoms with Crippen molar-refractivity contribution in [2.75, 3.05) is 6.26 Å². The first-order valence-electron chi connectivity index (χ1n) is 7.02. The van der Waals surface area contributed by atoms with Crippen LogP contribution in [-0.2, 0) is 21.2 Å². The largest absolute Gasteiger partial charge is 0.481 e. The molecule has 1 N–H and O–H groups in total. The average molecular weight is 325 g/mol. The normalized spacial score (nSPS) is 18.4. The summed E-state index contributed by atoms with van der Waals surface area (Å²) in [6, 6.07) is 4.05. The lowest BCUT2D eigenvalue weighted by molar-refractivity contribution is -0.137. The second-order valence-electron chi connectivity index (χ2n) is 5.77.